The van der Waals surface area contributed by atoms with Gasteiger partial charge < -0.3 is 10.4 Å². The summed E-state index contributed by atoms with van der Waals surface area (Å²) in [6.07, 6.45) is 0. The second-order valence-corrected chi connectivity index (χ2v) is 4.77. The number of hydrogen-bond acceptors (Lipinski definition) is 2. The van der Waals surface area contributed by atoms with E-state index in [2.05, 4.69) is 21.2 Å². The summed E-state index contributed by atoms with van der Waals surface area (Å²) >= 11 is 3.21. The molecule has 0 atom stereocenters. The van der Waals surface area contributed by atoms with Gasteiger partial charge in [-0.1, -0.05) is 34.1 Å². The molecular weight excluding hydrogens is 310 g/mol. The van der Waals surface area contributed by atoms with Gasteiger partial charge >= 0.3 is 5.97 Å². The van der Waals surface area contributed by atoms with Crippen LogP contribution in [0.4, 0.5) is 5.69 Å². The second kappa shape index (κ2) is 5.67. The molecule has 0 bridgehead atoms. The number of carboxylic acids is 1. The molecule has 0 aliphatic rings. The third-order valence-corrected chi connectivity index (χ3v) is 2.90. The summed E-state index contributed by atoms with van der Waals surface area (Å²) in [6.45, 7) is 0. The molecule has 19 heavy (non-hydrogen) atoms. The highest BCUT2D eigenvalue weighted by molar-refractivity contribution is 9.10. The number of carbonyl (C=O) groups is 2. The van der Waals surface area contributed by atoms with E-state index in [0.29, 0.717) is 15.7 Å². The number of benzene rings is 2. The number of carboxylic acid groups (broad SMARTS) is 1. The van der Waals surface area contributed by atoms with Crippen molar-refractivity contribution in [1.82, 2.24) is 0 Å². The molecule has 0 unspecified atom stereocenters. The summed E-state index contributed by atoms with van der Waals surface area (Å²) in [4.78, 5) is 22.9. The quantitative estimate of drug-likeness (QED) is 0.911. The van der Waals surface area contributed by atoms with Crippen molar-refractivity contribution in [2.45, 2.75) is 0 Å². The van der Waals surface area contributed by atoms with Crippen molar-refractivity contribution in [2.75, 3.05) is 5.32 Å². The van der Waals surface area contributed by atoms with Crippen LogP contribution in [0.25, 0.3) is 0 Å². The first-order chi connectivity index (χ1) is 9.06. The molecule has 1 amide bonds. The number of rotatable bonds is 3. The number of carbonyl (C=O) groups excluding carboxylic acids is 1. The maximum atomic E-state index is 11.9. The van der Waals surface area contributed by atoms with Crippen molar-refractivity contribution in [3.05, 3.63) is 64.1 Å². The summed E-state index contributed by atoms with van der Waals surface area (Å²) in [6, 6.07) is 13.2. The minimum absolute atomic E-state index is 0.109. The molecule has 0 saturated carbocycles. The Balaban J connectivity index is 2.24. The van der Waals surface area contributed by atoms with Gasteiger partial charge in [-0.15, -0.1) is 0 Å². The molecule has 96 valence electrons. The van der Waals surface area contributed by atoms with Gasteiger partial charge in [0.05, 0.1) is 5.56 Å². The van der Waals surface area contributed by atoms with Crippen LogP contribution in [0.5, 0.6) is 0 Å². The van der Waals surface area contributed by atoms with Gasteiger partial charge in [0.2, 0.25) is 0 Å². The van der Waals surface area contributed by atoms with Crippen LogP contribution in [0, 0.1) is 0 Å². The Labute approximate surface area is 118 Å². The topological polar surface area (TPSA) is 66.4 Å². The van der Waals surface area contributed by atoms with E-state index in [4.69, 9.17) is 5.11 Å². The van der Waals surface area contributed by atoms with Crippen molar-refractivity contribution < 1.29 is 14.7 Å². The Morgan fingerprint density at radius 2 is 1.68 bits per heavy atom. The Hall–Kier alpha value is -2.14. The standard InChI is InChI=1S/C14H10BrNO3/c15-11-6-10(14(18)19)7-12(8-11)16-13(17)9-4-2-1-3-5-9/h1-8H,(H,16,17)(H,18,19). The Morgan fingerprint density at radius 3 is 2.32 bits per heavy atom. The molecule has 0 saturated heterocycles. The van der Waals surface area contributed by atoms with E-state index in [0.717, 1.165) is 0 Å². The molecule has 2 aromatic carbocycles. The van der Waals surface area contributed by atoms with Crippen LogP contribution in [0.1, 0.15) is 20.7 Å². The molecule has 0 fully saturated rings. The van der Waals surface area contributed by atoms with Crippen LogP contribution in [0.3, 0.4) is 0 Å². The minimum atomic E-state index is -1.04. The molecule has 2 rings (SSSR count). The summed E-state index contributed by atoms with van der Waals surface area (Å²) in [5.74, 6) is -1.33. The van der Waals surface area contributed by atoms with Crippen LogP contribution >= 0.6 is 15.9 Å². The lowest BCUT2D eigenvalue weighted by Gasteiger charge is -2.07. The first-order valence-electron chi connectivity index (χ1n) is 5.46. The van der Waals surface area contributed by atoms with Crippen molar-refractivity contribution >= 4 is 33.5 Å². The fraction of sp³-hybridized carbons (Fsp3) is 0. The Bertz CT molecular complexity index is 626. The second-order valence-electron chi connectivity index (χ2n) is 3.85. The van der Waals surface area contributed by atoms with Crippen LogP contribution in [0.15, 0.2) is 53.0 Å². The first kappa shape index (κ1) is 13.3. The lowest BCUT2D eigenvalue weighted by Crippen LogP contribution is -2.12. The molecule has 5 heteroatoms. The summed E-state index contributed by atoms with van der Waals surface area (Å²) in [5.41, 5.74) is 1.05. The molecule has 0 heterocycles. The lowest BCUT2D eigenvalue weighted by atomic mass is 10.2. The molecule has 2 N–H and O–H groups in total. The number of hydrogen-bond donors (Lipinski definition) is 2. The van der Waals surface area contributed by atoms with Gasteiger partial charge in [-0.05, 0) is 30.3 Å². The van der Waals surface area contributed by atoms with Crippen LogP contribution in [0.2, 0.25) is 0 Å². The van der Waals surface area contributed by atoms with Gasteiger partial charge in [-0.3, -0.25) is 4.79 Å². The van der Waals surface area contributed by atoms with Gasteiger partial charge in [0.1, 0.15) is 0 Å². The predicted octanol–water partition coefficient (Wildman–Crippen LogP) is 3.40. The normalized spacial score (nSPS) is 9.95. The van der Waals surface area contributed by atoms with E-state index in [1.165, 1.54) is 12.1 Å². The number of aromatic carboxylic acids is 1. The van der Waals surface area contributed by atoms with Crippen LogP contribution < -0.4 is 5.32 Å². The van der Waals surface area contributed by atoms with Gasteiger partial charge in [0, 0.05) is 15.7 Å². The molecule has 0 aliphatic heterocycles. The number of nitrogens with one attached hydrogen (secondary N) is 1. The highest BCUT2D eigenvalue weighted by Gasteiger charge is 2.09. The van der Waals surface area contributed by atoms with Gasteiger partial charge in [0.25, 0.3) is 5.91 Å². The SMILES string of the molecule is O=C(O)c1cc(Br)cc(NC(=O)c2ccccc2)c1. The van der Waals surface area contributed by atoms with Crippen LogP contribution in [-0.2, 0) is 0 Å². The Kier molecular flexibility index (Phi) is 3.97. The zero-order chi connectivity index (χ0) is 13.8. The average molecular weight is 320 g/mol. The number of anilines is 1. The molecule has 4 nitrogen and oxygen atoms in total. The van der Waals surface area contributed by atoms with E-state index in [9.17, 15) is 9.59 Å². The van der Waals surface area contributed by atoms with Gasteiger partial charge in [-0.2, -0.15) is 0 Å². The minimum Gasteiger partial charge on any atom is -0.478 e. The number of halogens is 1. The fourth-order valence-corrected chi connectivity index (χ4v) is 2.07. The smallest absolute Gasteiger partial charge is 0.335 e. The van der Waals surface area contributed by atoms with Crippen molar-refractivity contribution in [3.63, 3.8) is 0 Å². The van der Waals surface area contributed by atoms with Crippen LogP contribution in [-0.4, -0.2) is 17.0 Å². The van der Waals surface area contributed by atoms with Crippen molar-refractivity contribution in [2.24, 2.45) is 0 Å². The Morgan fingerprint density at radius 1 is 1.00 bits per heavy atom. The maximum Gasteiger partial charge on any atom is 0.335 e. The maximum absolute atomic E-state index is 11.9. The van der Waals surface area contributed by atoms with Crippen molar-refractivity contribution in [1.29, 1.82) is 0 Å². The summed E-state index contributed by atoms with van der Waals surface area (Å²) in [5, 5.41) is 11.6. The van der Waals surface area contributed by atoms with E-state index >= 15 is 0 Å². The summed E-state index contributed by atoms with van der Waals surface area (Å²) in [7, 11) is 0. The van der Waals surface area contributed by atoms with E-state index in [1.807, 2.05) is 6.07 Å². The summed E-state index contributed by atoms with van der Waals surface area (Å²) < 4.78 is 0.593. The monoisotopic (exact) mass is 319 g/mol. The molecule has 0 aliphatic carbocycles. The van der Waals surface area contributed by atoms with Crippen molar-refractivity contribution in [3.8, 4) is 0 Å². The lowest BCUT2D eigenvalue weighted by molar-refractivity contribution is 0.0696. The zero-order valence-electron chi connectivity index (χ0n) is 9.76. The molecule has 0 aromatic heterocycles. The highest BCUT2D eigenvalue weighted by atomic mass is 79.9. The predicted molar refractivity (Wildman–Crippen MR) is 75.5 cm³/mol. The average Bonchev–Trinajstić information content (AvgIpc) is 2.39. The highest BCUT2D eigenvalue weighted by Crippen LogP contribution is 2.20. The third-order valence-electron chi connectivity index (χ3n) is 2.44. The number of amides is 1. The van der Waals surface area contributed by atoms with E-state index in [-0.39, 0.29) is 11.5 Å². The molecule has 0 spiro atoms. The van der Waals surface area contributed by atoms with E-state index < -0.39 is 5.97 Å². The third kappa shape index (κ3) is 3.42. The van der Waals surface area contributed by atoms with E-state index in [1.54, 1.807) is 30.3 Å². The zero-order valence-corrected chi connectivity index (χ0v) is 11.3. The largest absolute Gasteiger partial charge is 0.478 e. The molecule has 2 aromatic rings. The fourth-order valence-electron chi connectivity index (χ4n) is 1.58. The molecular formula is C14H10BrNO3. The van der Waals surface area contributed by atoms with Gasteiger partial charge in [-0.25, -0.2) is 4.79 Å². The molecule has 0 radical (unpaired) electrons. The van der Waals surface area contributed by atoms with Gasteiger partial charge in [0.15, 0.2) is 0 Å². The first-order valence-corrected chi connectivity index (χ1v) is 6.26.